The van der Waals surface area contributed by atoms with Gasteiger partial charge in [-0.2, -0.15) is 11.8 Å². The van der Waals surface area contributed by atoms with Crippen LogP contribution in [0.1, 0.15) is 39.5 Å². The molecule has 3 N–H and O–H groups in total. The maximum absolute atomic E-state index is 10.7. The van der Waals surface area contributed by atoms with Crippen LogP contribution in [0.15, 0.2) is 4.99 Å². The molecule has 1 aliphatic carbocycles. The highest BCUT2D eigenvalue weighted by atomic mass is 32.2. The van der Waals surface area contributed by atoms with Crippen LogP contribution in [-0.2, 0) is 0 Å². The quantitative estimate of drug-likeness (QED) is 0.598. The molecule has 0 aromatic heterocycles. The Labute approximate surface area is 120 Å². The number of aliphatic hydroxyl groups is 1. The molecule has 4 nitrogen and oxygen atoms in total. The van der Waals surface area contributed by atoms with Gasteiger partial charge in [-0.25, -0.2) is 0 Å². The summed E-state index contributed by atoms with van der Waals surface area (Å²) in [6.07, 6.45) is 3.95. The number of rotatable bonds is 2. The van der Waals surface area contributed by atoms with Crippen molar-refractivity contribution in [3.05, 3.63) is 0 Å². The number of guanidine groups is 1. The Morgan fingerprint density at radius 3 is 2.63 bits per heavy atom. The fraction of sp³-hybridized carbons (Fsp3) is 0.929. The molecule has 2 aliphatic rings. The van der Waals surface area contributed by atoms with Crippen molar-refractivity contribution >= 4 is 17.7 Å². The van der Waals surface area contributed by atoms with Crippen LogP contribution in [0.5, 0.6) is 0 Å². The standard InChI is InChI=1S/C14H27N3OS/c1-13(2)4-3-5-14(18,10-13)11-16-12(15)17-6-8-19-9-7-17/h18H,3-11H2,1-2H3,(H2,15,16). The van der Waals surface area contributed by atoms with Crippen LogP contribution in [0.25, 0.3) is 0 Å². The summed E-state index contributed by atoms with van der Waals surface area (Å²) in [6.45, 7) is 6.86. The Morgan fingerprint density at radius 2 is 2.00 bits per heavy atom. The van der Waals surface area contributed by atoms with Gasteiger partial charge in [0, 0.05) is 24.6 Å². The highest BCUT2D eigenvalue weighted by molar-refractivity contribution is 7.99. The molecular formula is C14H27N3OS. The Morgan fingerprint density at radius 1 is 1.32 bits per heavy atom. The fourth-order valence-electron chi connectivity index (χ4n) is 3.22. The van der Waals surface area contributed by atoms with Gasteiger partial charge in [-0.1, -0.05) is 13.8 Å². The van der Waals surface area contributed by atoms with E-state index in [4.69, 9.17) is 5.73 Å². The van der Waals surface area contributed by atoms with Crippen molar-refractivity contribution in [3.8, 4) is 0 Å². The van der Waals surface area contributed by atoms with Crippen LogP contribution in [0.2, 0.25) is 0 Å². The topological polar surface area (TPSA) is 61.9 Å². The van der Waals surface area contributed by atoms with Gasteiger partial charge < -0.3 is 15.7 Å². The van der Waals surface area contributed by atoms with Gasteiger partial charge in [-0.15, -0.1) is 0 Å². The minimum atomic E-state index is -0.656. The van der Waals surface area contributed by atoms with Crippen LogP contribution >= 0.6 is 11.8 Å². The number of hydrogen-bond donors (Lipinski definition) is 2. The van der Waals surface area contributed by atoms with Gasteiger partial charge in [0.05, 0.1) is 12.1 Å². The second-order valence-corrected chi connectivity index (χ2v) is 7.92. The molecule has 0 bridgehead atoms. The molecule has 0 spiro atoms. The molecule has 0 aromatic rings. The van der Waals surface area contributed by atoms with Crippen LogP contribution < -0.4 is 5.73 Å². The third kappa shape index (κ3) is 4.28. The third-order valence-electron chi connectivity index (χ3n) is 4.17. The molecule has 1 saturated carbocycles. The molecule has 0 radical (unpaired) electrons. The van der Waals surface area contributed by atoms with E-state index in [1.165, 1.54) is 6.42 Å². The first-order valence-electron chi connectivity index (χ1n) is 7.25. The van der Waals surface area contributed by atoms with Crippen molar-refractivity contribution in [2.75, 3.05) is 31.1 Å². The first-order valence-corrected chi connectivity index (χ1v) is 8.41. The van der Waals surface area contributed by atoms with E-state index >= 15 is 0 Å². The largest absolute Gasteiger partial charge is 0.388 e. The maximum Gasteiger partial charge on any atom is 0.191 e. The predicted octanol–water partition coefficient (Wildman–Crippen LogP) is 1.68. The maximum atomic E-state index is 10.7. The Bertz CT molecular complexity index is 340. The first-order chi connectivity index (χ1) is 8.90. The second-order valence-electron chi connectivity index (χ2n) is 6.69. The van der Waals surface area contributed by atoms with Gasteiger partial charge in [-0.3, -0.25) is 4.99 Å². The highest BCUT2D eigenvalue weighted by Gasteiger charge is 2.38. The van der Waals surface area contributed by atoms with Gasteiger partial charge in [-0.05, 0) is 31.1 Å². The van der Waals surface area contributed by atoms with E-state index in [1.807, 2.05) is 11.8 Å². The second kappa shape index (κ2) is 5.92. The van der Waals surface area contributed by atoms with E-state index in [2.05, 4.69) is 23.7 Å². The molecule has 1 heterocycles. The van der Waals surface area contributed by atoms with Crippen LogP contribution in [0, 0.1) is 5.41 Å². The zero-order valence-electron chi connectivity index (χ0n) is 12.2. The summed E-state index contributed by atoms with van der Waals surface area (Å²) in [6, 6.07) is 0. The number of thioether (sulfide) groups is 1. The zero-order valence-corrected chi connectivity index (χ0v) is 13.0. The minimum absolute atomic E-state index is 0.221. The molecule has 0 aromatic carbocycles. The van der Waals surface area contributed by atoms with Gasteiger partial charge in [0.1, 0.15) is 0 Å². The lowest BCUT2D eigenvalue weighted by atomic mass is 9.70. The lowest BCUT2D eigenvalue weighted by Crippen LogP contribution is -2.45. The summed E-state index contributed by atoms with van der Waals surface area (Å²) in [5.41, 5.74) is 5.61. The predicted molar refractivity (Wildman–Crippen MR) is 82.6 cm³/mol. The van der Waals surface area contributed by atoms with E-state index in [1.54, 1.807) is 0 Å². The van der Waals surface area contributed by atoms with Crippen molar-refractivity contribution < 1.29 is 5.11 Å². The van der Waals surface area contributed by atoms with Gasteiger partial charge >= 0.3 is 0 Å². The van der Waals surface area contributed by atoms with Crippen molar-refractivity contribution in [2.24, 2.45) is 16.1 Å². The average Bonchev–Trinajstić information content (AvgIpc) is 2.35. The monoisotopic (exact) mass is 285 g/mol. The number of nitrogens with two attached hydrogens (primary N) is 1. The molecule has 0 amide bonds. The molecular weight excluding hydrogens is 258 g/mol. The molecule has 110 valence electrons. The van der Waals surface area contributed by atoms with E-state index in [0.29, 0.717) is 12.5 Å². The minimum Gasteiger partial charge on any atom is -0.388 e. The third-order valence-corrected chi connectivity index (χ3v) is 5.12. The number of nitrogens with zero attached hydrogens (tertiary/aromatic N) is 2. The van der Waals surface area contributed by atoms with E-state index in [0.717, 1.165) is 43.9 Å². The lowest BCUT2D eigenvalue weighted by Gasteiger charge is -2.41. The van der Waals surface area contributed by atoms with Crippen molar-refractivity contribution in [2.45, 2.75) is 45.1 Å². The zero-order chi connectivity index (χ0) is 13.9. The van der Waals surface area contributed by atoms with Gasteiger partial charge in [0.2, 0.25) is 0 Å². The van der Waals surface area contributed by atoms with E-state index in [-0.39, 0.29) is 5.41 Å². The molecule has 1 aliphatic heterocycles. The molecule has 2 rings (SSSR count). The van der Waals surface area contributed by atoms with Crippen molar-refractivity contribution in [1.82, 2.24) is 4.90 Å². The molecule has 1 atom stereocenters. The van der Waals surface area contributed by atoms with E-state index in [9.17, 15) is 5.11 Å². The normalized spacial score (nSPS) is 32.4. The Kier molecular flexibility index (Phi) is 4.66. The van der Waals surface area contributed by atoms with Crippen LogP contribution in [0.3, 0.4) is 0 Å². The Hall–Kier alpha value is -0.420. The highest BCUT2D eigenvalue weighted by Crippen LogP contribution is 2.41. The fourth-order valence-corrected chi connectivity index (χ4v) is 4.12. The Balaban J connectivity index is 1.92. The first kappa shape index (κ1) is 15.0. The molecule has 1 unspecified atom stereocenters. The summed E-state index contributed by atoms with van der Waals surface area (Å²) in [5, 5.41) is 10.7. The van der Waals surface area contributed by atoms with Gasteiger partial charge in [0.25, 0.3) is 0 Å². The summed E-state index contributed by atoms with van der Waals surface area (Å²) in [7, 11) is 0. The summed E-state index contributed by atoms with van der Waals surface area (Å²) in [4.78, 5) is 6.60. The molecule has 19 heavy (non-hydrogen) atoms. The molecule has 5 heteroatoms. The number of aliphatic imine (C=N–C) groups is 1. The van der Waals surface area contributed by atoms with Crippen molar-refractivity contribution in [3.63, 3.8) is 0 Å². The summed E-state index contributed by atoms with van der Waals surface area (Å²) < 4.78 is 0. The average molecular weight is 285 g/mol. The number of hydrogen-bond acceptors (Lipinski definition) is 3. The van der Waals surface area contributed by atoms with Crippen LogP contribution in [0.4, 0.5) is 0 Å². The molecule has 1 saturated heterocycles. The van der Waals surface area contributed by atoms with Crippen LogP contribution in [-0.4, -0.2) is 52.7 Å². The van der Waals surface area contributed by atoms with Gasteiger partial charge in [0.15, 0.2) is 5.96 Å². The lowest BCUT2D eigenvalue weighted by molar-refractivity contribution is -0.0308. The smallest absolute Gasteiger partial charge is 0.191 e. The summed E-state index contributed by atoms with van der Waals surface area (Å²) in [5.74, 6) is 2.85. The molecule has 2 fully saturated rings. The SMILES string of the molecule is CC1(C)CCCC(O)(CN=C(N)N2CCSCC2)C1. The summed E-state index contributed by atoms with van der Waals surface area (Å²) >= 11 is 1.96. The van der Waals surface area contributed by atoms with E-state index < -0.39 is 5.60 Å². The van der Waals surface area contributed by atoms with Crippen molar-refractivity contribution in [1.29, 1.82) is 0 Å².